The highest BCUT2D eigenvalue weighted by Gasteiger charge is 2.32. The summed E-state index contributed by atoms with van der Waals surface area (Å²) in [7, 11) is 0. The molecule has 4 rings (SSSR count). The standard InChI is InChI=1S/C30H25Cl2N5O2/c1-21-4-9-25(10-5-21)37-29(20-39-28-13-8-23(31)19-26(28)32)35-27(30(37)38)18-22-6-11-24(12-7-22)36(16-2-14-33)17-3-15-34/h4-13,18-19H,2-3,16-17,20H2,1H3/b27-18+. The summed E-state index contributed by atoms with van der Waals surface area (Å²) in [5.74, 6) is 0.593. The van der Waals surface area contributed by atoms with Gasteiger partial charge in [0.05, 0.1) is 35.7 Å². The van der Waals surface area contributed by atoms with Gasteiger partial charge in [0.1, 0.15) is 18.1 Å². The molecule has 0 bridgehead atoms. The molecule has 1 aliphatic heterocycles. The number of aliphatic imine (C=N–C) groups is 1. The molecular formula is C30H25Cl2N5O2. The SMILES string of the molecule is Cc1ccc(N2C(=O)/C(=C\c3ccc(N(CCC#N)CCC#N)cc3)N=C2COc2ccc(Cl)cc2Cl)cc1. The van der Waals surface area contributed by atoms with Crippen LogP contribution in [0.2, 0.25) is 10.0 Å². The molecule has 3 aromatic carbocycles. The number of amides is 1. The van der Waals surface area contributed by atoms with Crippen molar-refractivity contribution in [2.75, 3.05) is 29.5 Å². The van der Waals surface area contributed by atoms with Crippen LogP contribution in [0.3, 0.4) is 0 Å². The molecule has 3 aromatic rings. The lowest BCUT2D eigenvalue weighted by Crippen LogP contribution is -2.35. The second-order valence-electron chi connectivity index (χ2n) is 8.79. The summed E-state index contributed by atoms with van der Waals surface area (Å²) in [5, 5.41) is 18.8. The molecule has 0 saturated heterocycles. The van der Waals surface area contributed by atoms with E-state index < -0.39 is 0 Å². The van der Waals surface area contributed by atoms with Gasteiger partial charge in [-0.1, -0.05) is 53.0 Å². The maximum atomic E-state index is 13.5. The molecule has 0 N–H and O–H groups in total. The van der Waals surface area contributed by atoms with Crippen LogP contribution in [0.15, 0.2) is 77.4 Å². The fourth-order valence-corrected chi connectivity index (χ4v) is 4.50. The van der Waals surface area contributed by atoms with Gasteiger partial charge in [-0.15, -0.1) is 0 Å². The number of anilines is 2. The maximum Gasteiger partial charge on any atom is 0.282 e. The molecule has 0 aliphatic carbocycles. The van der Waals surface area contributed by atoms with Crippen molar-refractivity contribution in [1.29, 1.82) is 10.5 Å². The topological polar surface area (TPSA) is 92.7 Å². The van der Waals surface area contributed by atoms with Crippen molar-refractivity contribution < 1.29 is 9.53 Å². The number of ether oxygens (including phenoxy) is 1. The molecule has 0 fully saturated rings. The van der Waals surface area contributed by atoms with Gasteiger partial charge >= 0.3 is 0 Å². The Morgan fingerprint density at radius 1 is 0.974 bits per heavy atom. The van der Waals surface area contributed by atoms with Crippen molar-refractivity contribution >= 4 is 52.4 Å². The van der Waals surface area contributed by atoms with Gasteiger partial charge in [-0.05, 0) is 61.0 Å². The van der Waals surface area contributed by atoms with E-state index in [2.05, 4.69) is 17.1 Å². The first-order chi connectivity index (χ1) is 18.9. The molecule has 9 heteroatoms. The molecule has 0 spiro atoms. The van der Waals surface area contributed by atoms with Gasteiger partial charge in [0.25, 0.3) is 5.91 Å². The lowest BCUT2D eigenvalue weighted by molar-refractivity contribution is -0.113. The molecule has 0 saturated carbocycles. The fourth-order valence-electron chi connectivity index (χ4n) is 4.03. The zero-order valence-electron chi connectivity index (χ0n) is 21.3. The molecular weight excluding hydrogens is 533 g/mol. The summed E-state index contributed by atoms with van der Waals surface area (Å²) in [4.78, 5) is 21.7. The minimum Gasteiger partial charge on any atom is -0.484 e. The molecule has 0 unspecified atom stereocenters. The minimum absolute atomic E-state index is 0.0178. The Labute approximate surface area is 237 Å². The monoisotopic (exact) mass is 557 g/mol. The second-order valence-corrected chi connectivity index (χ2v) is 9.64. The maximum absolute atomic E-state index is 13.5. The number of carbonyl (C=O) groups is 1. The molecule has 7 nitrogen and oxygen atoms in total. The van der Waals surface area contributed by atoms with E-state index in [4.69, 9.17) is 38.5 Å². The largest absolute Gasteiger partial charge is 0.484 e. The number of hydrogen-bond donors (Lipinski definition) is 0. The zero-order valence-corrected chi connectivity index (χ0v) is 22.8. The Kier molecular flexibility index (Phi) is 9.22. The van der Waals surface area contributed by atoms with E-state index in [1.807, 2.05) is 60.4 Å². The van der Waals surface area contributed by atoms with Crippen molar-refractivity contribution in [3.8, 4) is 17.9 Å². The van der Waals surface area contributed by atoms with Gasteiger partial charge in [-0.25, -0.2) is 4.99 Å². The van der Waals surface area contributed by atoms with Crippen LogP contribution in [0.4, 0.5) is 11.4 Å². The van der Waals surface area contributed by atoms with E-state index in [9.17, 15) is 4.79 Å². The number of nitrogens with zero attached hydrogens (tertiary/aromatic N) is 5. The third-order valence-corrected chi connectivity index (χ3v) is 6.55. The van der Waals surface area contributed by atoms with E-state index in [1.54, 1.807) is 24.3 Å². The number of carbonyl (C=O) groups excluding carboxylic acids is 1. The minimum atomic E-state index is -0.270. The van der Waals surface area contributed by atoms with Gasteiger partial charge in [0.15, 0.2) is 5.84 Å². The lowest BCUT2D eigenvalue weighted by atomic mass is 10.1. The lowest BCUT2D eigenvalue weighted by Gasteiger charge is -2.22. The molecule has 0 aromatic heterocycles. The van der Waals surface area contributed by atoms with Crippen LogP contribution in [-0.4, -0.2) is 31.4 Å². The van der Waals surface area contributed by atoms with Gasteiger partial charge in [0, 0.05) is 23.8 Å². The number of nitriles is 2. The van der Waals surface area contributed by atoms with Crippen molar-refractivity contribution in [3.63, 3.8) is 0 Å². The van der Waals surface area contributed by atoms with Crippen molar-refractivity contribution in [2.45, 2.75) is 19.8 Å². The molecule has 0 radical (unpaired) electrons. The van der Waals surface area contributed by atoms with E-state index in [0.29, 0.717) is 53.2 Å². The van der Waals surface area contributed by atoms with E-state index in [0.717, 1.165) is 16.8 Å². The summed E-state index contributed by atoms with van der Waals surface area (Å²) in [6.45, 7) is 3.07. The van der Waals surface area contributed by atoms with E-state index in [-0.39, 0.29) is 18.2 Å². The van der Waals surface area contributed by atoms with Gasteiger partial charge < -0.3 is 9.64 Å². The number of halogens is 2. The number of amidine groups is 1. The van der Waals surface area contributed by atoms with Gasteiger partial charge in [-0.3, -0.25) is 9.69 Å². The van der Waals surface area contributed by atoms with Crippen molar-refractivity contribution in [3.05, 3.63) is 93.6 Å². The Hall–Kier alpha value is -4.30. The molecule has 0 atom stereocenters. The highest BCUT2D eigenvalue weighted by atomic mass is 35.5. The first-order valence-corrected chi connectivity index (χ1v) is 13.0. The van der Waals surface area contributed by atoms with Crippen LogP contribution < -0.4 is 14.5 Å². The van der Waals surface area contributed by atoms with Crippen molar-refractivity contribution in [2.24, 2.45) is 4.99 Å². The van der Waals surface area contributed by atoms with Crippen LogP contribution >= 0.6 is 23.2 Å². The first kappa shape index (κ1) is 27.7. The molecule has 1 aliphatic rings. The highest BCUT2D eigenvalue weighted by molar-refractivity contribution is 6.35. The smallest absolute Gasteiger partial charge is 0.282 e. The molecule has 1 heterocycles. The summed E-state index contributed by atoms with van der Waals surface area (Å²) in [5.41, 5.74) is 3.72. The number of benzene rings is 3. The number of rotatable bonds is 10. The number of hydrogen-bond acceptors (Lipinski definition) is 6. The normalized spacial score (nSPS) is 13.7. The van der Waals surface area contributed by atoms with Crippen LogP contribution in [0.5, 0.6) is 5.75 Å². The highest BCUT2D eigenvalue weighted by Crippen LogP contribution is 2.30. The van der Waals surface area contributed by atoms with E-state index in [1.165, 1.54) is 4.90 Å². The van der Waals surface area contributed by atoms with Gasteiger partial charge in [0.2, 0.25) is 0 Å². The van der Waals surface area contributed by atoms with Crippen LogP contribution in [0.1, 0.15) is 24.0 Å². The predicted molar refractivity (Wildman–Crippen MR) is 155 cm³/mol. The Bertz CT molecular complexity index is 1470. The Morgan fingerprint density at radius 3 is 2.26 bits per heavy atom. The van der Waals surface area contributed by atoms with Crippen LogP contribution in [0.25, 0.3) is 6.08 Å². The molecule has 39 heavy (non-hydrogen) atoms. The van der Waals surface area contributed by atoms with E-state index >= 15 is 0 Å². The average Bonchev–Trinajstić information content (AvgIpc) is 3.24. The summed E-state index contributed by atoms with van der Waals surface area (Å²) < 4.78 is 5.91. The predicted octanol–water partition coefficient (Wildman–Crippen LogP) is 6.80. The molecule has 196 valence electrons. The quantitative estimate of drug-likeness (QED) is 0.255. The Balaban J connectivity index is 1.60. The average molecular weight is 558 g/mol. The first-order valence-electron chi connectivity index (χ1n) is 12.3. The molecule has 1 amide bonds. The number of aryl methyl sites for hydroxylation is 1. The summed E-state index contributed by atoms with van der Waals surface area (Å²) in [6.07, 6.45) is 2.45. The van der Waals surface area contributed by atoms with Crippen LogP contribution in [0, 0.1) is 29.6 Å². The Morgan fingerprint density at radius 2 is 1.64 bits per heavy atom. The third kappa shape index (κ3) is 6.97. The fraction of sp³-hybridized carbons (Fsp3) is 0.200. The summed E-state index contributed by atoms with van der Waals surface area (Å²) >= 11 is 12.3. The zero-order chi connectivity index (χ0) is 27.8. The second kappa shape index (κ2) is 13.0. The van der Waals surface area contributed by atoms with Crippen LogP contribution in [-0.2, 0) is 4.79 Å². The third-order valence-electron chi connectivity index (χ3n) is 6.02. The van der Waals surface area contributed by atoms with Gasteiger partial charge in [-0.2, -0.15) is 10.5 Å². The summed E-state index contributed by atoms with van der Waals surface area (Å²) in [6, 6.07) is 24.4. The van der Waals surface area contributed by atoms with Crippen molar-refractivity contribution in [1.82, 2.24) is 0 Å².